The molecule has 0 spiro atoms. The Labute approximate surface area is 96.0 Å². The summed E-state index contributed by atoms with van der Waals surface area (Å²) in [6.07, 6.45) is 7.66. The highest BCUT2D eigenvalue weighted by Crippen LogP contribution is 2.25. The van der Waals surface area contributed by atoms with Gasteiger partial charge in [0.25, 0.3) is 0 Å². The molecule has 1 aliphatic heterocycles. The summed E-state index contributed by atoms with van der Waals surface area (Å²) in [7, 11) is 0. The van der Waals surface area contributed by atoms with Gasteiger partial charge in [-0.05, 0) is 26.2 Å². The molecule has 0 radical (unpaired) electrons. The maximum atomic E-state index is 10.6. The summed E-state index contributed by atoms with van der Waals surface area (Å²) in [4.78, 5) is 10.6. The van der Waals surface area contributed by atoms with Gasteiger partial charge in [-0.3, -0.25) is 9.48 Å². The Morgan fingerprint density at radius 1 is 1.62 bits per heavy atom. The molecule has 1 aliphatic rings. The Kier molecular flexibility index (Phi) is 3.39. The highest BCUT2D eigenvalue weighted by Gasteiger charge is 2.26. The molecule has 4 nitrogen and oxygen atoms in total. The van der Waals surface area contributed by atoms with Crippen molar-refractivity contribution >= 4 is 6.29 Å². The van der Waals surface area contributed by atoms with Crippen molar-refractivity contribution in [1.29, 1.82) is 0 Å². The fourth-order valence-electron chi connectivity index (χ4n) is 2.49. The van der Waals surface area contributed by atoms with Crippen LogP contribution in [0.3, 0.4) is 0 Å². The van der Waals surface area contributed by atoms with E-state index in [4.69, 9.17) is 0 Å². The zero-order valence-corrected chi connectivity index (χ0v) is 9.89. The molecule has 3 atom stereocenters. The predicted molar refractivity (Wildman–Crippen MR) is 62.6 cm³/mol. The number of rotatable bonds is 3. The quantitative estimate of drug-likeness (QED) is 0.791. The fourth-order valence-corrected chi connectivity index (χ4v) is 2.49. The highest BCUT2D eigenvalue weighted by molar-refractivity contribution is 5.73. The number of hydrogen-bond donors (Lipinski definition) is 1. The molecule has 2 rings (SSSR count). The molecular formula is C12H19N3O. The molecule has 16 heavy (non-hydrogen) atoms. The van der Waals surface area contributed by atoms with E-state index < -0.39 is 0 Å². The van der Waals surface area contributed by atoms with Gasteiger partial charge in [-0.25, -0.2) is 0 Å². The molecule has 0 aliphatic carbocycles. The summed E-state index contributed by atoms with van der Waals surface area (Å²) in [6.45, 7) is 4.41. The van der Waals surface area contributed by atoms with Crippen LogP contribution in [-0.2, 0) is 0 Å². The molecule has 3 unspecified atom stereocenters. The number of carbonyl (C=O) groups is 1. The smallest absolute Gasteiger partial charge is 0.153 e. The number of nitrogens with one attached hydrogen (secondary N) is 1. The van der Waals surface area contributed by atoms with Gasteiger partial charge in [-0.1, -0.05) is 6.92 Å². The highest BCUT2D eigenvalue weighted by atomic mass is 16.1. The van der Waals surface area contributed by atoms with E-state index in [1.165, 1.54) is 0 Å². The maximum Gasteiger partial charge on any atom is 0.153 e. The van der Waals surface area contributed by atoms with E-state index in [0.717, 1.165) is 25.5 Å². The van der Waals surface area contributed by atoms with E-state index in [1.807, 2.05) is 10.9 Å². The van der Waals surface area contributed by atoms with Crippen molar-refractivity contribution < 1.29 is 4.79 Å². The first-order valence-corrected chi connectivity index (χ1v) is 5.98. The molecule has 0 amide bonds. The van der Waals surface area contributed by atoms with Crippen molar-refractivity contribution in [2.75, 3.05) is 0 Å². The summed E-state index contributed by atoms with van der Waals surface area (Å²) < 4.78 is 1.95. The van der Waals surface area contributed by atoms with E-state index in [-0.39, 0.29) is 0 Å². The lowest BCUT2D eigenvalue weighted by Gasteiger charge is -2.34. The molecule has 0 saturated carbocycles. The number of aromatic nitrogens is 2. The topological polar surface area (TPSA) is 46.9 Å². The third-order valence-electron chi connectivity index (χ3n) is 3.33. The van der Waals surface area contributed by atoms with E-state index in [9.17, 15) is 4.79 Å². The van der Waals surface area contributed by atoms with Crippen LogP contribution in [0, 0.1) is 0 Å². The molecule has 88 valence electrons. The Balaban J connectivity index is 2.10. The second-order valence-corrected chi connectivity index (χ2v) is 4.67. The van der Waals surface area contributed by atoms with Crippen molar-refractivity contribution in [1.82, 2.24) is 15.1 Å². The van der Waals surface area contributed by atoms with Crippen molar-refractivity contribution in [3.8, 4) is 0 Å². The van der Waals surface area contributed by atoms with Crippen molar-refractivity contribution in [3.05, 3.63) is 18.0 Å². The predicted octanol–water partition coefficient (Wildman–Crippen LogP) is 1.79. The Morgan fingerprint density at radius 3 is 3.06 bits per heavy atom. The first-order valence-electron chi connectivity index (χ1n) is 5.98. The fraction of sp³-hybridized carbons (Fsp3) is 0.667. The van der Waals surface area contributed by atoms with Gasteiger partial charge >= 0.3 is 0 Å². The number of aldehydes is 1. The van der Waals surface area contributed by atoms with Crippen LogP contribution in [0.2, 0.25) is 0 Å². The van der Waals surface area contributed by atoms with Crippen LogP contribution < -0.4 is 5.32 Å². The minimum atomic E-state index is 0.426. The summed E-state index contributed by atoms with van der Waals surface area (Å²) in [5.41, 5.74) is 0.666. The zero-order chi connectivity index (χ0) is 11.5. The van der Waals surface area contributed by atoms with Gasteiger partial charge in [-0.2, -0.15) is 5.10 Å². The normalized spacial score (nSPS) is 30.2. The molecule has 0 aromatic carbocycles. The molecule has 1 aromatic heterocycles. The second kappa shape index (κ2) is 4.78. The van der Waals surface area contributed by atoms with Crippen LogP contribution in [0.4, 0.5) is 0 Å². The minimum Gasteiger partial charge on any atom is -0.311 e. The summed E-state index contributed by atoms with van der Waals surface area (Å²) in [5, 5.41) is 7.85. The van der Waals surface area contributed by atoms with E-state index in [2.05, 4.69) is 24.3 Å². The largest absolute Gasteiger partial charge is 0.311 e. The van der Waals surface area contributed by atoms with Gasteiger partial charge in [0.1, 0.15) is 0 Å². The lowest BCUT2D eigenvalue weighted by molar-refractivity contribution is 0.112. The zero-order valence-electron chi connectivity index (χ0n) is 9.89. The van der Waals surface area contributed by atoms with E-state index >= 15 is 0 Å². The molecule has 1 aromatic rings. The van der Waals surface area contributed by atoms with Crippen molar-refractivity contribution in [2.24, 2.45) is 0 Å². The van der Waals surface area contributed by atoms with Gasteiger partial charge in [0, 0.05) is 18.3 Å². The first-order chi connectivity index (χ1) is 7.72. The number of carbonyl (C=O) groups excluding carboxylic acids is 1. The number of piperidine rings is 1. The lowest BCUT2D eigenvalue weighted by atomic mass is 9.93. The summed E-state index contributed by atoms with van der Waals surface area (Å²) in [6, 6.07) is 1.51. The third kappa shape index (κ3) is 2.32. The van der Waals surface area contributed by atoms with Crippen LogP contribution in [0.5, 0.6) is 0 Å². The minimum absolute atomic E-state index is 0.426. The summed E-state index contributed by atoms with van der Waals surface area (Å²) >= 11 is 0. The molecule has 0 bridgehead atoms. The van der Waals surface area contributed by atoms with Gasteiger partial charge in [0.05, 0.1) is 17.8 Å². The van der Waals surface area contributed by atoms with Crippen LogP contribution >= 0.6 is 0 Å². The monoisotopic (exact) mass is 221 g/mol. The number of nitrogens with zero attached hydrogens (tertiary/aromatic N) is 2. The molecule has 1 N–H and O–H groups in total. The van der Waals surface area contributed by atoms with Crippen LogP contribution in [-0.4, -0.2) is 28.2 Å². The van der Waals surface area contributed by atoms with E-state index in [1.54, 1.807) is 6.20 Å². The standard InChI is InChI=1S/C12H19N3O/c1-3-11-5-12(4-9(2)14-11)15-7-10(8-16)6-13-15/h6-9,11-12,14H,3-5H2,1-2H3. The Bertz CT molecular complexity index is 361. The molecule has 4 heteroatoms. The third-order valence-corrected chi connectivity index (χ3v) is 3.33. The summed E-state index contributed by atoms with van der Waals surface area (Å²) in [5.74, 6) is 0. The molecule has 1 saturated heterocycles. The molecular weight excluding hydrogens is 202 g/mol. The number of hydrogen-bond acceptors (Lipinski definition) is 3. The molecule has 1 fully saturated rings. The molecule has 2 heterocycles. The van der Waals surface area contributed by atoms with Crippen molar-refractivity contribution in [2.45, 2.75) is 51.2 Å². The maximum absolute atomic E-state index is 10.6. The SMILES string of the molecule is CCC1CC(n2cc(C=O)cn2)CC(C)N1. The van der Waals surface area contributed by atoms with Crippen LogP contribution in [0.15, 0.2) is 12.4 Å². The first kappa shape index (κ1) is 11.3. The average molecular weight is 221 g/mol. The van der Waals surface area contributed by atoms with Crippen molar-refractivity contribution in [3.63, 3.8) is 0 Å². The Morgan fingerprint density at radius 2 is 2.44 bits per heavy atom. The lowest BCUT2D eigenvalue weighted by Crippen LogP contribution is -2.44. The van der Waals surface area contributed by atoms with Crippen LogP contribution in [0.1, 0.15) is 49.5 Å². The van der Waals surface area contributed by atoms with Gasteiger partial charge in [0.15, 0.2) is 6.29 Å². The second-order valence-electron chi connectivity index (χ2n) is 4.67. The van der Waals surface area contributed by atoms with Gasteiger partial charge < -0.3 is 5.32 Å². The van der Waals surface area contributed by atoms with Gasteiger partial charge in [0.2, 0.25) is 0 Å². The van der Waals surface area contributed by atoms with Crippen LogP contribution in [0.25, 0.3) is 0 Å². The average Bonchev–Trinajstić information content (AvgIpc) is 2.76. The van der Waals surface area contributed by atoms with Gasteiger partial charge in [-0.15, -0.1) is 0 Å². The van der Waals surface area contributed by atoms with E-state index in [0.29, 0.717) is 23.7 Å². The Hall–Kier alpha value is -1.16.